The summed E-state index contributed by atoms with van der Waals surface area (Å²) in [6, 6.07) is 9.11. The summed E-state index contributed by atoms with van der Waals surface area (Å²) in [5.41, 5.74) is 3.02. The number of alkyl halides is 6. The van der Waals surface area contributed by atoms with Crippen LogP contribution in [0.1, 0.15) is 120 Å². The van der Waals surface area contributed by atoms with E-state index in [-0.39, 0.29) is 0 Å². The molecule has 0 N–H and O–H groups in total. The van der Waals surface area contributed by atoms with Crippen LogP contribution < -0.4 is 19.3 Å². The summed E-state index contributed by atoms with van der Waals surface area (Å²) in [5, 5.41) is 17.6. The Morgan fingerprint density at radius 2 is 0.837 bits per heavy atom. The molecule has 0 radical (unpaired) electrons. The van der Waals surface area contributed by atoms with Crippen LogP contribution in [0.4, 0.5) is 26.3 Å². The van der Waals surface area contributed by atoms with Gasteiger partial charge in [0.05, 0.1) is 0 Å². The molecule has 276 valence electrons. The highest BCUT2D eigenvalue weighted by Crippen LogP contribution is 2.14. The fourth-order valence-electron chi connectivity index (χ4n) is 5.34. The summed E-state index contributed by atoms with van der Waals surface area (Å²) in [7, 11) is 0. The number of aromatic nitrogens is 2. The molecule has 0 aromatic carbocycles. The van der Waals surface area contributed by atoms with Crippen molar-refractivity contribution in [1.82, 2.24) is 0 Å². The maximum Gasteiger partial charge on any atom is 0.430 e. The van der Waals surface area contributed by atoms with Crippen molar-refractivity contribution in [3.63, 3.8) is 0 Å². The normalized spacial score (nSPS) is 17.6. The number of aryl methyl sites for hydroxylation is 4. The zero-order chi connectivity index (χ0) is 36.4. The van der Waals surface area contributed by atoms with Crippen molar-refractivity contribution in [2.24, 2.45) is 0 Å². The largest absolute Gasteiger partial charge is 0.542 e. The first-order valence-corrected chi connectivity index (χ1v) is 17.5. The van der Waals surface area contributed by atoms with Gasteiger partial charge in [-0.25, -0.2) is 9.13 Å². The Labute approximate surface area is 286 Å². The van der Waals surface area contributed by atoms with Crippen LogP contribution >= 0.6 is 0 Å². The molecule has 49 heavy (non-hydrogen) atoms. The molecule has 0 atom stereocenters. The standard InChI is InChI=1S/C33H52N2.2C2HF3O2/c1-2-6-10-14-18-26-34-28-21-25-33(31-34)23-17-13-9-5-3-7-11-15-19-27-35-29-20-24-32(30-35)22-16-12-8-4-1;2*3-2(4,5)1(6)7/h7,11,20-21,24-25,28-31H,1-6,8-10,12-19,22-23,26-27H2;2*(H,6,7)/q+2;;/p-2/b11-7+;;. The molecule has 2 aromatic rings. The molecule has 3 rings (SSSR count). The summed E-state index contributed by atoms with van der Waals surface area (Å²) in [6.45, 7) is 2.32. The van der Waals surface area contributed by atoms with Crippen LogP contribution in [0.25, 0.3) is 0 Å². The van der Waals surface area contributed by atoms with Crippen LogP contribution in [-0.4, -0.2) is 24.3 Å². The second kappa shape index (κ2) is 25.5. The molecule has 1 aliphatic rings. The topological polar surface area (TPSA) is 88.0 Å². The SMILES string of the molecule is C1=C/CCC[n+]2cccc(c2)CCCCCCCCCCCC[n+]2cccc(c2)CCCCCC/1.O=C([O-])C(F)(F)F.O=C([O-])C(F)(F)F. The molecule has 0 fully saturated rings. The van der Waals surface area contributed by atoms with Gasteiger partial charge in [0.15, 0.2) is 24.8 Å². The summed E-state index contributed by atoms with van der Waals surface area (Å²) in [5.74, 6) is -6.01. The first kappa shape index (κ1) is 43.6. The smallest absolute Gasteiger partial charge is 0.430 e. The predicted octanol–water partition coefficient (Wildman–Crippen LogP) is 6.85. The number of fused-ring (bicyclic) bond motifs is 4. The Hall–Kier alpha value is -3.44. The molecule has 4 bridgehead atoms. The molecule has 12 heteroatoms. The molecular weight excluding hydrogens is 650 g/mol. The first-order chi connectivity index (χ1) is 23.3. The predicted molar refractivity (Wildman–Crippen MR) is 170 cm³/mol. The number of rotatable bonds is 0. The Morgan fingerprint density at radius 3 is 1.24 bits per heavy atom. The van der Waals surface area contributed by atoms with Gasteiger partial charge in [0, 0.05) is 36.1 Å². The number of carboxylic acid groups (broad SMARTS) is 2. The molecule has 0 saturated carbocycles. The highest BCUT2D eigenvalue weighted by Gasteiger charge is 2.29. The minimum absolute atomic E-state index is 1.14. The van der Waals surface area contributed by atoms with Gasteiger partial charge in [-0.3, -0.25) is 0 Å². The van der Waals surface area contributed by atoms with Crippen LogP contribution in [0.15, 0.2) is 61.2 Å². The molecule has 0 unspecified atom stereocenters. The van der Waals surface area contributed by atoms with E-state index in [0.717, 1.165) is 6.54 Å². The van der Waals surface area contributed by atoms with Crippen molar-refractivity contribution < 1.29 is 55.3 Å². The van der Waals surface area contributed by atoms with Crippen LogP contribution in [0.3, 0.4) is 0 Å². The van der Waals surface area contributed by atoms with E-state index in [9.17, 15) is 26.3 Å². The van der Waals surface area contributed by atoms with E-state index in [0.29, 0.717) is 0 Å². The number of hydrogen-bond acceptors (Lipinski definition) is 4. The molecule has 0 saturated heterocycles. The van der Waals surface area contributed by atoms with Crippen molar-refractivity contribution in [2.75, 3.05) is 0 Å². The van der Waals surface area contributed by atoms with Gasteiger partial charge in [-0.1, -0.05) is 69.9 Å². The highest BCUT2D eigenvalue weighted by molar-refractivity contribution is 5.71. The number of pyridine rings is 2. The van der Waals surface area contributed by atoms with Gasteiger partial charge in [0.25, 0.3) is 0 Å². The first-order valence-electron chi connectivity index (χ1n) is 17.5. The van der Waals surface area contributed by atoms with E-state index in [1.54, 1.807) is 0 Å². The highest BCUT2D eigenvalue weighted by atomic mass is 19.4. The molecule has 0 amide bonds. The van der Waals surface area contributed by atoms with Crippen LogP contribution in [0.2, 0.25) is 0 Å². The number of carbonyl (C=O) groups excluding carboxylic acids is 2. The lowest BCUT2D eigenvalue weighted by Gasteiger charge is -2.04. The molecule has 1 aliphatic heterocycles. The fraction of sp³-hybridized carbons (Fsp3) is 0.622. The van der Waals surface area contributed by atoms with E-state index < -0.39 is 24.3 Å². The zero-order valence-electron chi connectivity index (χ0n) is 28.4. The second-order valence-electron chi connectivity index (χ2n) is 12.3. The summed E-state index contributed by atoms with van der Waals surface area (Å²) in [4.78, 5) is 17.6. The van der Waals surface area contributed by atoms with Gasteiger partial charge >= 0.3 is 12.4 Å². The van der Waals surface area contributed by atoms with E-state index in [1.165, 1.54) is 140 Å². The Bertz CT molecular complexity index is 1190. The maximum absolute atomic E-state index is 10.5. The minimum Gasteiger partial charge on any atom is -0.542 e. The summed E-state index contributed by atoms with van der Waals surface area (Å²) >= 11 is 0. The third-order valence-electron chi connectivity index (χ3n) is 7.97. The average Bonchev–Trinajstić information content (AvgIpc) is 3.04. The summed E-state index contributed by atoms with van der Waals surface area (Å²) in [6.07, 6.45) is 29.2. The fourth-order valence-corrected chi connectivity index (χ4v) is 5.34. The van der Waals surface area contributed by atoms with Gasteiger partial charge in [0.2, 0.25) is 0 Å². The Morgan fingerprint density at radius 1 is 0.510 bits per heavy atom. The molecule has 3 heterocycles. The van der Waals surface area contributed by atoms with E-state index in [4.69, 9.17) is 19.8 Å². The molecule has 0 spiro atoms. The van der Waals surface area contributed by atoms with Crippen LogP contribution in [0.5, 0.6) is 0 Å². The lowest BCUT2D eigenvalue weighted by molar-refractivity contribution is -0.697. The van der Waals surface area contributed by atoms with Gasteiger partial charge in [-0.2, -0.15) is 26.3 Å². The van der Waals surface area contributed by atoms with Crippen LogP contribution in [0, 0.1) is 0 Å². The number of nitrogens with zero attached hydrogens (tertiary/aromatic N) is 2. The van der Waals surface area contributed by atoms with Gasteiger partial charge in [-0.15, -0.1) is 0 Å². The van der Waals surface area contributed by atoms with E-state index >= 15 is 0 Å². The minimum atomic E-state index is -5.19. The third-order valence-corrected chi connectivity index (χ3v) is 7.97. The number of aliphatic carboxylic acids is 2. The molecule has 6 nitrogen and oxygen atoms in total. The van der Waals surface area contributed by atoms with Crippen molar-refractivity contribution in [2.45, 2.75) is 147 Å². The van der Waals surface area contributed by atoms with E-state index in [2.05, 4.69) is 70.3 Å². The lowest BCUT2D eigenvalue weighted by atomic mass is 10.0. The van der Waals surface area contributed by atoms with Crippen molar-refractivity contribution >= 4 is 11.9 Å². The number of carbonyl (C=O) groups is 2. The van der Waals surface area contributed by atoms with Crippen LogP contribution in [-0.2, 0) is 35.5 Å². The number of hydrogen-bond donors (Lipinski definition) is 0. The number of allylic oxidation sites excluding steroid dienone is 2. The van der Waals surface area contributed by atoms with Crippen molar-refractivity contribution in [3.05, 3.63) is 72.3 Å². The summed E-state index contributed by atoms with van der Waals surface area (Å²) < 4.78 is 67.9. The quantitative estimate of drug-likeness (QED) is 0.171. The second-order valence-corrected chi connectivity index (χ2v) is 12.3. The Kier molecular flexibility index (Phi) is 22.7. The maximum atomic E-state index is 10.5. The lowest BCUT2D eigenvalue weighted by Crippen LogP contribution is -2.37. The molecular formula is C37H52F6N2O4. The van der Waals surface area contributed by atoms with Gasteiger partial charge in [-0.05, 0) is 63.5 Å². The Balaban J connectivity index is 0.000000717. The van der Waals surface area contributed by atoms with Crippen molar-refractivity contribution in [1.29, 1.82) is 0 Å². The van der Waals surface area contributed by atoms with Gasteiger partial charge in [0.1, 0.15) is 25.0 Å². The molecule has 2 aromatic heterocycles. The number of carboxylic acids is 2. The van der Waals surface area contributed by atoms with Crippen molar-refractivity contribution in [3.8, 4) is 0 Å². The number of halogens is 6. The van der Waals surface area contributed by atoms with E-state index in [1.807, 2.05) is 0 Å². The third kappa shape index (κ3) is 24.4. The monoisotopic (exact) mass is 702 g/mol. The zero-order valence-corrected chi connectivity index (χ0v) is 28.4. The van der Waals surface area contributed by atoms with Gasteiger partial charge < -0.3 is 19.8 Å². The average molecular weight is 703 g/mol. The molecule has 0 aliphatic carbocycles.